The summed E-state index contributed by atoms with van der Waals surface area (Å²) < 4.78 is 5.56. The van der Waals surface area contributed by atoms with Crippen LogP contribution < -0.4 is 10.1 Å². The Morgan fingerprint density at radius 2 is 1.95 bits per heavy atom. The van der Waals surface area contributed by atoms with Crippen molar-refractivity contribution in [2.24, 2.45) is 5.92 Å². The summed E-state index contributed by atoms with van der Waals surface area (Å²) in [6.45, 7) is 10.3. The second-order valence-corrected chi connectivity index (χ2v) is 5.23. The van der Waals surface area contributed by atoms with Crippen molar-refractivity contribution in [3.05, 3.63) is 28.3 Å². The van der Waals surface area contributed by atoms with Crippen LogP contribution in [-0.2, 0) is 6.54 Å². The van der Waals surface area contributed by atoms with E-state index in [2.05, 4.69) is 39.1 Å². The third-order valence-corrected chi connectivity index (χ3v) is 3.89. The lowest BCUT2D eigenvalue weighted by Crippen LogP contribution is -2.25. The van der Waals surface area contributed by atoms with E-state index in [0.29, 0.717) is 5.92 Å². The van der Waals surface area contributed by atoms with Crippen LogP contribution in [0.15, 0.2) is 6.07 Å². The van der Waals surface area contributed by atoms with Crippen molar-refractivity contribution >= 4 is 0 Å². The summed E-state index contributed by atoms with van der Waals surface area (Å²) in [5.74, 6) is 1.32. The molecular formula is C16H27NO2. The fourth-order valence-electron chi connectivity index (χ4n) is 2.34. The van der Waals surface area contributed by atoms with Crippen molar-refractivity contribution in [3.8, 4) is 5.75 Å². The first-order valence-corrected chi connectivity index (χ1v) is 7.00. The Balaban J connectivity index is 2.80. The zero-order chi connectivity index (χ0) is 14.4. The maximum atomic E-state index is 9.19. The standard InChI is InChI=1S/C16H27NO2/c1-6-14(10-18)8-17-9-15-12(3)7-11(2)13(4)16(15)19-5/h7,14,17-18H,6,8-10H2,1-5H3. The molecule has 1 rings (SSSR count). The van der Waals surface area contributed by atoms with Crippen LogP contribution in [0.4, 0.5) is 0 Å². The predicted molar refractivity (Wildman–Crippen MR) is 79.8 cm³/mol. The number of methoxy groups -OCH3 is 1. The van der Waals surface area contributed by atoms with Crippen molar-refractivity contribution < 1.29 is 9.84 Å². The zero-order valence-corrected chi connectivity index (χ0v) is 12.8. The topological polar surface area (TPSA) is 41.5 Å². The van der Waals surface area contributed by atoms with Gasteiger partial charge in [-0.25, -0.2) is 0 Å². The first kappa shape index (κ1) is 16.0. The van der Waals surface area contributed by atoms with Gasteiger partial charge in [0.05, 0.1) is 7.11 Å². The monoisotopic (exact) mass is 265 g/mol. The lowest BCUT2D eigenvalue weighted by atomic mass is 9.98. The van der Waals surface area contributed by atoms with Gasteiger partial charge in [0.1, 0.15) is 5.75 Å². The molecule has 1 unspecified atom stereocenters. The molecule has 0 spiro atoms. The van der Waals surface area contributed by atoms with Crippen molar-refractivity contribution in [3.63, 3.8) is 0 Å². The van der Waals surface area contributed by atoms with E-state index in [-0.39, 0.29) is 6.61 Å². The van der Waals surface area contributed by atoms with Gasteiger partial charge in [-0.2, -0.15) is 0 Å². The molecule has 2 N–H and O–H groups in total. The Labute approximate surface area is 117 Å². The number of aliphatic hydroxyl groups excluding tert-OH is 1. The van der Waals surface area contributed by atoms with Gasteiger partial charge >= 0.3 is 0 Å². The van der Waals surface area contributed by atoms with E-state index >= 15 is 0 Å². The number of hydrogen-bond acceptors (Lipinski definition) is 3. The van der Waals surface area contributed by atoms with Gasteiger partial charge in [-0.3, -0.25) is 0 Å². The molecule has 0 fully saturated rings. The lowest BCUT2D eigenvalue weighted by molar-refractivity contribution is 0.218. The SMILES string of the molecule is CCC(CO)CNCc1c(C)cc(C)c(C)c1OC. The van der Waals surface area contributed by atoms with Crippen LogP contribution in [0.5, 0.6) is 5.75 Å². The number of hydrogen-bond donors (Lipinski definition) is 2. The normalized spacial score (nSPS) is 12.5. The Morgan fingerprint density at radius 3 is 2.47 bits per heavy atom. The van der Waals surface area contributed by atoms with Crippen LogP contribution in [0.2, 0.25) is 0 Å². The minimum Gasteiger partial charge on any atom is -0.496 e. The first-order valence-electron chi connectivity index (χ1n) is 7.00. The number of ether oxygens (including phenoxy) is 1. The summed E-state index contributed by atoms with van der Waals surface area (Å²) >= 11 is 0. The highest BCUT2D eigenvalue weighted by molar-refractivity contribution is 5.49. The van der Waals surface area contributed by atoms with Gasteiger partial charge in [0.15, 0.2) is 0 Å². The third-order valence-electron chi connectivity index (χ3n) is 3.89. The van der Waals surface area contributed by atoms with Gasteiger partial charge < -0.3 is 15.2 Å². The fraction of sp³-hybridized carbons (Fsp3) is 0.625. The highest BCUT2D eigenvalue weighted by atomic mass is 16.5. The molecule has 19 heavy (non-hydrogen) atoms. The van der Waals surface area contributed by atoms with Gasteiger partial charge in [0.25, 0.3) is 0 Å². The molecule has 1 atom stereocenters. The average Bonchev–Trinajstić information content (AvgIpc) is 2.40. The number of benzene rings is 1. The average molecular weight is 265 g/mol. The highest BCUT2D eigenvalue weighted by Crippen LogP contribution is 2.29. The summed E-state index contributed by atoms with van der Waals surface area (Å²) in [4.78, 5) is 0. The minimum absolute atomic E-state index is 0.243. The molecule has 0 aliphatic rings. The van der Waals surface area contributed by atoms with Gasteiger partial charge in [-0.1, -0.05) is 13.0 Å². The molecule has 3 nitrogen and oxygen atoms in total. The predicted octanol–water partition coefficient (Wildman–Crippen LogP) is 2.73. The van der Waals surface area contributed by atoms with Crippen LogP contribution in [0, 0.1) is 26.7 Å². The van der Waals surface area contributed by atoms with Crippen LogP contribution in [-0.4, -0.2) is 25.4 Å². The molecule has 0 heterocycles. The minimum atomic E-state index is 0.243. The number of nitrogens with one attached hydrogen (secondary N) is 1. The van der Waals surface area contributed by atoms with Crippen LogP contribution in [0.1, 0.15) is 35.6 Å². The molecule has 0 aliphatic carbocycles. The van der Waals surface area contributed by atoms with Gasteiger partial charge in [0, 0.05) is 25.3 Å². The molecule has 0 bridgehead atoms. The summed E-state index contributed by atoms with van der Waals surface area (Å²) in [5.41, 5.74) is 4.95. The quantitative estimate of drug-likeness (QED) is 0.796. The first-order chi connectivity index (χ1) is 9.04. The van der Waals surface area contributed by atoms with E-state index < -0.39 is 0 Å². The number of aryl methyl sites for hydroxylation is 2. The Kier molecular flexibility index (Phi) is 6.32. The largest absolute Gasteiger partial charge is 0.496 e. The van der Waals surface area contributed by atoms with Crippen molar-refractivity contribution in [1.29, 1.82) is 0 Å². The lowest BCUT2D eigenvalue weighted by Gasteiger charge is -2.18. The number of rotatable bonds is 7. The molecule has 0 saturated carbocycles. The molecule has 0 radical (unpaired) electrons. The maximum absolute atomic E-state index is 9.19. The molecule has 0 saturated heterocycles. The summed E-state index contributed by atoms with van der Waals surface area (Å²) in [6, 6.07) is 2.21. The van der Waals surface area contributed by atoms with Gasteiger partial charge in [-0.15, -0.1) is 0 Å². The van der Waals surface area contributed by atoms with Crippen molar-refractivity contribution in [2.45, 2.75) is 40.7 Å². The second-order valence-electron chi connectivity index (χ2n) is 5.23. The molecular weight excluding hydrogens is 238 g/mol. The maximum Gasteiger partial charge on any atom is 0.126 e. The van der Waals surface area contributed by atoms with E-state index in [9.17, 15) is 5.11 Å². The molecule has 0 amide bonds. The van der Waals surface area contributed by atoms with Crippen LogP contribution in [0.25, 0.3) is 0 Å². The third kappa shape index (κ3) is 3.95. The van der Waals surface area contributed by atoms with E-state index in [0.717, 1.165) is 25.3 Å². The van der Waals surface area contributed by atoms with E-state index in [1.54, 1.807) is 7.11 Å². The molecule has 0 aliphatic heterocycles. The van der Waals surface area contributed by atoms with E-state index in [4.69, 9.17) is 4.74 Å². The Hall–Kier alpha value is -1.06. The van der Waals surface area contributed by atoms with Gasteiger partial charge in [-0.05, 0) is 49.8 Å². The van der Waals surface area contributed by atoms with Crippen molar-refractivity contribution in [1.82, 2.24) is 5.32 Å². The van der Waals surface area contributed by atoms with E-state index in [1.165, 1.54) is 22.3 Å². The Bertz CT molecular complexity index is 412. The Morgan fingerprint density at radius 1 is 1.26 bits per heavy atom. The summed E-state index contributed by atoms with van der Waals surface area (Å²) in [6.07, 6.45) is 0.993. The van der Waals surface area contributed by atoms with Crippen LogP contribution in [0.3, 0.4) is 0 Å². The molecule has 108 valence electrons. The molecule has 1 aromatic rings. The molecule has 0 aromatic heterocycles. The van der Waals surface area contributed by atoms with Crippen LogP contribution >= 0.6 is 0 Å². The highest BCUT2D eigenvalue weighted by Gasteiger charge is 2.12. The molecule has 3 heteroatoms. The van der Waals surface area contributed by atoms with E-state index in [1.807, 2.05) is 0 Å². The molecule has 1 aromatic carbocycles. The second kappa shape index (κ2) is 7.51. The smallest absolute Gasteiger partial charge is 0.126 e. The fourth-order valence-corrected chi connectivity index (χ4v) is 2.34. The zero-order valence-electron chi connectivity index (χ0n) is 12.8. The number of aliphatic hydroxyl groups is 1. The van der Waals surface area contributed by atoms with Crippen molar-refractivity contribution in [2.75, 3.05) is 20.3 Å². The van der Waals surface area contributed by atoms with Gasteiger partial charge in [0.2, 0.25) is 0 Å². The summed E-state index contributed by atoms with van der Waals surface area (Å²) in [7, 11) is 1.73. The summed E-state index contributed by atoms with van der Waals surface area (Å²) in [5, 5.41) is 12.6.